The van der Waals surface area contributed by atoms with E-state index in [2.05, 4.69) is 10.5 Å². The molecule has 6 nitrogen and oxygen atoms in total. The summed E-state index contributed by atoms with van der Waals surface area (Å²) in [6.07, 6.45) is 2.01. The Morgan fingerprint density at radius 3 is 2.68 bits per heavy atom. The SMILES string of the molecule is [O-][N+]1=C(c2ccccc2F)c2cc(Cl)ccc2NC(C(=NO)N2CCCC2)C1. The van der Waals surface area contributed by atoms with Crippen LogP contribution in [0.4, 0.5) is 10.1 Å². The first-order valence-electron chi connectivity index (χ1n) is 9.18. The number of anilines is 1. The van der Waals surface area contributed by atoms with Crippen LogP contribution < -0.4 is 5.32 Å². The fraction of sp³-hybridized carbons (Fsp3) is 0.300. The van der Waals surface area contributed by atoms with Gasteiger partial charge in [0.15, 0.2) is 12.4 Å². The van der Waals surface area contributed by atoms with Crippen molar-refractivity contribution in [1.82, 2.24) is 4.90 Å². The predicted molar refractivity (Wildman–Crippen MR) is 107 cm³/mol. The van der Waals surface area contributed by atoms with E-state index < -0.39 is 11.9 Å². The number of halogens is 2. The standard InChI is InChI=1S/C20H20ClFN4O2/c21-13-7-8-17-15(11-13)19(14-5-1-2-6-16(14)22)26(28)12-18(23-17)20(24-27)25-9-3-4-10-25/h1-2,5-8,11,18,23,27H,3-4,9-10,12H2. The van der Waals surface area contributed by atoms with Gasteiger partial charge < -0.3 is 20.6 Å². The van der Waals surface area contributed by atoms with Crippen molar-refractivity contribution in [2.45, 2.75) is 18.9 Å². The Morgan fingerprint density at radius 2 is 1.96 bits per heavy atom. The van der Waals surface area contributed by atoms with Gasteiger partial charge in [-0.1, -0.05) is 28.9 Å². The molecule has 0 bridgehead atoms. The molecule has 2 N–H and O–H groups in total. The Hall–Kier alpha value is -2.80. The van der Waals surface area contributed by atoms with Gasteiger partial charge in [-0.25, -0.2) is 9.13 Å². The zero-order valence-electron chi connectivity index (χ0n) is 15.1. The van der Waals surface area contributed by atoms with Crippen molar-refractivity contribution in [1.29, 1.82) is 0 Å². The van der Waals surface area contributed by atoms with Crippen LogP contribution in [0, 0.1) is 11.0 Å². The fourth-order valence-corrected chi connectivity index (χ4v) is 4.01. The van der Waals surface area contributed by atoms with Crippen molar-refractivity contribution in [2.75, 3.05) is 25.0 Å². The number of benzodiazepines with no additional fused rings is 1. The topological polar surface area (TPSA) is 73.9 Å². The van der Waals surface area contributed by atoms with E-state index in [4.69, 9.17) is 11.6 Å². The molecule has 0 radical (unpaired) electrons. The zero-order chi connectivity index (χ0) is 19.7. The summed E-state index contributed by atoms with van der Waals surface area (Å²) in [7, 11) is 0. The molecule has 0 saturated carbocycles. The minimum atomic E-state index is -0.551. The number of hydrogen-bond donors (Lipinski definition) is 2. The highest BCUT2D eigenvalue weighted by atomic mass is 35.5. The first-order chi connectivity index (χ1) is 13.6. The molecule has 2 aromatic rings. The third-order valence-corrected chi connectivity index (χ3v) is 5.37. The molecule has 0 amide bonds. The Kier molecular flexibility index (Phi) is 5.09. The van der Waals surface area contributed by atoms with E-state index in [1.165, 1.54) is 6.07 Å². The normalized spacial score (nSPS) is 20.0. The first kappa shape index (κ1) is 18.6. The van der Waals surface area contributed by atoms with Crippen LogP contribution in [0.3, 0.4) is 0 Å². The number of fused-ring (bicyclic) bond motifs is 1. The second kappa shape index (κ2) is 7.67. The minimum Gasteiger partial charge on any atom is -0.623 e. The molecule has 1 unspecified atom stereocenters. The highest BCUT2D eigenvalue weighted by molar-refractivity contribution is 6.31. The summed E-state index contributed by atoms with van der Waals surface area (Å²) in [4.78, 5) is 1.97. The van der Waals surface area contributed by atoms with Crippen LogP contribution in [-0.2, 0) is 0 Å². The average Bonchev–Trinajstić information content (AvgIpc) is 3.16. The monoisotopic (exact) mass is 402 g/mol. The van der Waals surface area contributed by atoms with Crippen molar-refractivity contribution in [3.63, 3.8) is 0 Å². The van der Waals surface area contributed by atoms with Gasteiger partial charge in [0, 0.05) is 23.8 Å². The van der Waals surface area contributed by atoms with E-state index in [1.54, 1.807) is 36.4 Å². The summed E-state index contributed by atoms with van der Waals surface area (Å²) in [6.45, 7) is 1.51. The largest absolute Gasteiger partial charge is 0.623 e. The molecule has 2 aromatic carbocycles. The third-order valence-electron chi connectivity index (χ3n) is 5.14. The van der Waals surface area contributed by atoms with E-state index in [-0.39, 0.29) is 17.8 Å². The average molecular weight is 403 g/mol. The maximum absolute atomic E-state index is 14.5. The smallest absolute Gasteiger partial charge is 0.230 e. The molecule has 146 valence electrons. The summed E-state index contributed by atoms with van der Waals surface area (Å²) in [5, 5.41) is 30.0. The van der Waals surface area contributed by atoms with Gasteiger partial charge in [-0.15, -0.1) is 0 Å². The molecule has 0 spiro atoms. The van der Waals surface area contributed by atoms with Crippen molar-refractivity contribution >= 4 is 28.8 Å². The molecule has 1 saturated heterocycles. The van der Waals surface area contributed by atoms with E-state index in [1.807, 2.05) is 4.90 Å². The van der Waals surface area contributed by atoms with E-state index in [9.17, 15) is 14.8 Å². The van der Waals surface area contributed by atoms with Gasteiger partial charge in [0.25, 0.3) is 0 Å². The Balaban J connectivity index is 1.85. The zero-order valence-corrected chi connectivity index (χ0v) is 15.9. The van der Waals surface area contributed by atoms with Crippen LogP contribution in [-0.4, -0.2) is 52.1 Å². The predicted octanol–water partition coefficient (Wildman–Crippen LogP) is 3.50. The molecular formula is C20H20ClFN4O2. The highest BCUT2D eigenvalue weighted by Crippen LogP contribution is 2.28. The van der Waals surface area contributed by atoms with Crippen LogP contribution in [0.1, 0.15) is 24.0 Å². The van der Waals surface area contributed by atoms with E-state index >= 15 is 0 Å². The Labute approximate surface area is 167 Å². The maximum atomic E-state index is 14.5. The fourth-order valence-electron chi connectivity index (χ4n) is 3.84. The van der Waals surface area contributed by atoms with Gasteiger partial charge in [-0.05, 0) is 43.2 Å². The minimum absolute atomic E-state index is 0.0359. The summed E-state index contributed by atoms with van der Waals surface area (Å²) in [6, 6.07) is 10.7. The van der Waals surface area contributed by atoms with E-state index in [0.717, 1.165) is 30.7 Å². The molecule has 0 aliphatic carbocycles. The second-order valence-electron chi connectivity index (χ2n) is 6.93. The molecule has 2 heterocycles. The van der Waals surface area contributed by atoms with Crippen LogP contribution in [0.15, 0.2) is 47.6 Å². The van der Waals surface area contributed by atoms with Gasteiger partial charge in [-0.2, -0.15) is 0 Å². The molecule has 1 fully saturated rings. The number of oxime groups is 1. The lowest BCUT2D eigenvalue weighted by atomic mass is 10.00. The molecule has 8 heteroatoms. The molecule has 1 atom stereocenters. The first-order valence-corrected chi connectivity index (χ1v) is 9.56. The van der Waals surface area contributed by atoms with Crippen molar-refractivity contribution in [3.8, 4) is 0 Å². The number of likely N-dealkylation sites (tertiary alicyclic amines) is 1. The third kappa shape index (κ3) is 3.38. The summed E-state index contributed by atoms with van der Waals surface area (Å²) in [5.41, 5.74) is 1.54. The van der Waals surface area contributed by atoms with Gasteiger partial charge in [0.05, 0.1) is 11.1 Å². The molecule has 2 aliphatic heterocycles. The molecule has 0 aromatic heterocycles. The summed E-state index contributed by atoms with van der Waals surface area (Å²) >= 11 is 6.17. The van der Waals surface area contributed by atoms with Gasteiger partial charge in [-0.3, -0.25) is 0 Å². The van der Waals surface area contributed by atoms with Crippen LogP contribution in [0.5, 0.6) is 0 Å². The van der Waals surface area contributed by atoms with Gasteiger partial charge in [0.1, 0.15) is 11.9 Å². The number of rotatable bonds is 2. The number of hydroxylamine groups is 1. The lowest BCUT2D eigenvalue weighted by Crippen LogP contribution is -2.45. The van der Waals surface area contributed by atoms with Crippen molar-refractivity contribution in [2.24, 2.45) is 5.16 Å². The van der Waals surface area contributed by atoms with Gasteiger partial charge >= 0.3 is 0 Å². The summed E-state index contributed by atoms with van der Waals surface area (Å²) < 4.78 is 15.3. The number of nitrogens with one attached hydrogen (secondary N) is 1. The second-order valence-corrected chi connectivity index (χ2v) is 7.37. The van der Waals surface area contributed by atoms with Crippen LogP contribution in [0.2, 0.25) is 5.02 Å². The quantitative estimate of drug-likeness (QED) is 0.201. The van der Waals surface area contributed by atoms with Crippen LogP contribution >= 0.6 is 11.6 Å². The Morgan fingerprint density at radius 1 is 1.21 bits per heavy atom. The molecule has 2 aliphatic rings. The van der Waals surface area contributed by atoms with Crippen LogP contribution in [0.25, 0.3) is 0 Å². The number of benzene rings is 2. The van der Waals surface area contributed by atoms with Crippen molar-refractivity contribution < 1.29 is 14.3 Å². The molecular weight excluding hydrogens is 383 g/mol. The summed E-state index contributed by atoms with van der Waals surface area (Å²) in [5.74, 6) is -0.0765. The number of amidine groups is 1. The number of nitrogens with zero attached hydrogens (tertiary/aromatic N) is 3. The van der Waals surface area contributed by atoms with E-state index in [0.29, 0.717) is 22.1 Å². The Bertz CT molecular complexity index is 957. The lowest BCUT2D eigenvalue weighted by molar-refractivity contribution is -0.455. The lowest BCUT2D eigenvalue weighted by Gasteiger charge is -2.25. The number of hydrogen-bond acceptors (Lipinski definition) is 4. The maximum Gasteiger partial charge on any atom is 0.230 e. The molecule has 28 heavy (non-hydrogen) atoms. The van der Waals surface area contributed by atoms with Gasteiger partial charge in [0.2, 0.25) is 5.71 Å². The molecule has 4 rings (SSSR count). The highest BCUT2D eigenvalue weighted by Gasteiger charge is 2.34. The van der Waals surface area contributed by atoms with Crippen molar-refractivity contribution in [3.05, 3.63) is 69.6 Å².